The van der Waals surface area contributed by atoms with Gasteiger partial charge in [0.05, 0.1) is 19.3 Å². The molecule has 0 saturated carbocycles. The maximum absolute atomic E-state index is 12.1. The minimum Gasteiger partial charge on any atom is -0.376 e. The van der Waals surface area contributed by atoms with E-state index in [4.69, 9.17) is 4.74 Å². The lowest BCUT2D eigenvalue weighted by Gasteiger charge is -2.41. The van der Waals surface area contributed by atoms with Crippen molar-refractivity contribution < 1.29 is 14.3 Å². The number of likely N-dealkylation sites (tertiary alicyclic amines) is 2. The maximum atomic E-state index is 12.1. The number of hydrogen-bond acceptors (Lipinski definition) is 5. The van der Waals surface area contributed by atoms with E-state index in [0.29, 0.717) is 31.7 Å². The molecule has 3 saturated heterocycles. The van der Waals surface area contributed by atoms with Crippen molar-refractivity contribution in [1.82, 2.24) is 20.0 Å². The van der Waals surface area contributed by atoms with Crippen LogP contribution in [0.1, 0.15) is 39.0 Å². The fourth-order valence-corrected chi connectivity index (χ4v) is 4.32. The summed E-state index contributed by atoms with van der Waals surface area (Å²) in [7, 11) is 0. The minimum absolute atomic E-state index is 0.108. The lowest BCUT2D eigenvalue weighted by atomic mass is 10.0. The molecule has 26 heavy (non-hydrogen) atoms. The third-order valence-corrected chi connectivity index (χ3v) is 5.81. The molecule has 0 spiro atoms. The lowest BCUT2D eigenvalue weighted by Crippen LogP contribution is -2.52. The summed E-state index contributed by atoms with van der Waals surface area (Å²) in [6.45, 7) is 9.84. The van der Waals surface area contributed by atoms with E-state index in [9.17, 15) is 9.59 Å². The Labute approximate surface area is 157 Å². The van der Waals surface area contributed by atoms with Crippen molar-refractivity contribution in [3.63, 3.8) is 0 Å². The van der Waals surface area contributed by atoms with Gasteiger partial charge in [0.25, 0.3) is 0 Å². The monoisotopic (exact) mass is 366 g/mol. The van der Waals surface area contributed by atoms with Crippen molar-refractivity contribution in [1.29, 1.82) is 0 Å². The quantitative estimate of drug-likeness (QED) is 0.657. The van der Waals surface area contributed by atoms with E-state index in [0.717, 1.165) is 71.6 Å². The predicted octanol–water partition coefficient (Wildman–Crippen LogP) is 0.300. The number of amides is 2. The molecule has 0 aromatic heterocycles. The summed E-state index contributed by atoms with van der Waals surface area (Å²) in [5.41, 5.74) is 0. The van der Waals surface area contributed by atoms with Crippen molar-refractivity contribution in [2.75, 3.05) is 59.0 Å². The molecule has 1 N–H and O–H groups in total. The van der Waals surface area contributed by atoms with Crippen LogP contribution in [0.5, 0.6) is 0 Å². The number of carbonyl (C=O) groups is 2. The Kier molecular flexibility index (Phi) is 7.28. The summed E-state index contributed by atoms with van der Waals surface area (Å²) in [6.07, 6.45) is 5.11. The molecule has 3 fully saturated rings. The zero-order valence-electron chi connectivity index (χ0n) is 16.1. The van der Waals surface area contributed by atoms with E-state index < -0.39 is 0 Å². The highest BCUT2D eigenvalue weighted by Gasteiger charge is 2.28. The van der Waals surface area contributed by atoms with Crippen LogP contribution < -0.4 is 5.32 Å². The number of carbonyl (C=O) groups excluding carboxylic acids is 2. The van der Waals surface area contributed by atoms with Gasteiger partial charge in [-0.25, -0.2) is 0 Å². The smallest absolute Gasteiger partial charge is 0.234 e. The second-order valence-electron chi connectivity index (χ2n) is 7.87. The fourth-order valence-electron chi connectivity index (χ4n) is 4.32. The summed E-state index contributed by atoms with van der Waals surface area (Å²) in [5.74, 6) is 0.366. The molecule has 7 nitrogen and oxygen atoms in total. The van der Waals surface area contributed by atoms with E-state index in [1.807, 2.05) is 4.90 Å². The van der Waals surface area contributed by atoms with E-state index in [1.54, 1.807) is 0 Å². The number of ether oxygens (including phenoxy) is 1. The third-order valence-electron chi connectivity index (χ3n) is 5.81. The lowest BCUT2D eigenvalue weighted by molar-refractivity contribution is -0.127. The van der Waals surface area contributed by atoms with Gasteiger partial charge in [0.1, 0.15) is 0 Å². The highest BCUT2D eigenvalue weighted by Crippen LogP contribution is 2.19. The Morgan fingerprint density at radius 2 is 2.04 bits per heavy atom. The fraction of sp³-hybridized carbons (Fsp3) is 0.895. The van der Waals surface area contributed by atoms with Crippen LogP contribution in [0.25, 0.3) is 0 Å². The van der Waals surface area contributed by atoms with E-state index in [2.05, 4.69) is 22.0 Å². The van der Waals surface area contributed by atoms with Gasteiger partial charge in [0, 0.05) is 58.3 Å². The average Bonchev–Trinajstić information content (AvgIpc) is 3.04. The summed E-state index contributed by atoms with van der Waals surface area (Å²) >= 11 is 0. The van der Waals surface area contributed by atoms with Crippen LogP contribution in [0.4, 0.5) is 0 Å². The Morgan fingerprint density at radius 1 is 1.23 bits per heavy atom. The molecule has 0 aromatic rings. The first-order chi connectivity index (χ1) is 12.6. The number of hydrogen-bond donors (Lipinski definition) is 1. The summed E-state index contributed by atoms with van der Waals surface area (Å²) in [4.78, 5) is 30.4. The van der Waals surface area contributed by atoms with Gasteiger partial charge in [-0.1, -0.05) is 0 Å². The first-order valence-corrected chi connectivity index (χ1v) is 10.2. The van der Waals surface area contributed by atoms with Crippen LogP contribution in [0.3, 0.4) is 0 Å². The molecule has 3 heterocycles. The standard InChI is InChI=1S/C19H34N4O3/c1-16-14-23(12-13-26-16)17-5-10-21(11-6-17)15-18(24)20-7-3-9-22-8-2-4-19(22)25/h16-17H,2-15H2,1H3,(H,20,24). The van der Waals surface area contributed by atoms with Gasteiger partial charge >= 0.3 is 0 Å². The summed E-state index contributed by atoms with van der Waals surface area (Å²) in [6, 6.07) is 0.638. The summed E-state index contributed by atoms with van der Waals surface area (Å²) < 4.78 is 5.63. The highest BCUT2D eigenvalue weighted by atomic mass is 16.5. The normalized spacial score (nSPS) is 26.4. The molecule has 1 unspecified atom stereocenters. The second kappa shape index (κ2) is 9.67. The Bertz CT molecular complexity index is 479. The van der Waals surface area contributed by atoms with Gasteiger partial charge in [-0.3, -0.25) is 19.4 Å². The van der Waals surface area contributed by atoms with Crippen LogP contribution >= 0.6 is 0 Å². The molecule has 3 aliphatic rings. The van der Waals surface area contributed by atoms with Crippen LogP contribution in [0.15, 0.2) is 0 Å². The average molecular weight is 367 g/mol. The topological polar surface area (TPSA) is 65.1 Å². The highest BCUT2D eigenvalue weighted by molar-refractivity contribution is 5.78. The molecular weight excluding hydrogens is 332 g/mol. The molecular formula is C19H34N4O3. The first kappa shape index (κ1) is 19.6. The third kappa shape index (κ3) is 5.66. The molecule has 2 amide bonds. The van der Waals surface area contributed by atoms with Crippen LogP contribution in [0.2, 0.25) is 0 Å². The number of rotatable bonds is 7. The minimum atomic E-state index is 0.108. The van der Waals surface area contributed by atoms with Crippen molar-refractivity contribution in [2.45, 2.75) is 51.2 Å². The largest absolute Gasteiger partial charge is 0.376 e. The van der Waals surface area contributed by atoms with Crippen LogP contribution in [0, 0.1) is 0 Å². The molecule has 0 bridgehead atoms. The molecule has 3 rings (SSSR count). The van der Waals surface area contributed by atoms with Gasteiger partial charge < -0.3 is 15.0 Å². The maximum Gasteiger partial charge on any atom is 0.234 e. The van der Waals surface area contributed by atoms with Gasteiger partial charge in [-0.15, -0.1) is 0 Å². The van der Waals surface area contributed by atoms with Crippen molar-refractivity contribution >= 4 is 11.8 Å². The molecule has 148 valence electrons. The van der Waals surface area contributed by atoms with Crippen LogP contribution in [-0.2, 0) is 14.3 Å². The van der Waals surface area contributed by atoms with Gasteiger partial charge in [-0.05, 0) is 32.6 Å². The number of nitrogens with zero attached hydrogens (tertiary/aromatic N) is 3. The number of nitrogens with one attached hydrogen (secondary N) is 1. The van der Waals surface area contributed by atoms with Gasteiger partial charge in [-0.2, -0.15) is 0 Å². The number of piperidine rings is 1. The van der Waals surface area contributed by atoms with Crippen LogP contribution in [-0.4, -0.2) is 97.6 Å². The molecule has 3 aliphatic heterocycles. The van der Waals surface area contributed by atoms with E-state index in [1.165, 1.54) is 0 Å². The molecule has 1 atom stereocenters. The van der Waals surface area contributed by atoms with E-state index in [-0.39, 0.29) is 11.8 Å². The Morgan fingerprint density at radius 3 is 2.73 bits per heavy atom. The summed E-state index contributed by atoms with van der Waals surface area (Å²) in [5, 5.41) is 3.00. The zero-order chi connectivity index (χ0) is 18.4. The van der Waals surface area contributed by atoms with Crippen molar-refractivity contribution in [3.05, 3.63) is 0 Å². The van der Waals surface area contributed by atoms with Gasteiger partial charge in [0.15, 0.2) is 0 Å². The molecule has 7 heteroatoms. The SMILES string of the molecule is CC1CN(C2CCN(CC(=O)NCCCN3CCCC3=O)CC2)CCO1. The Balaban J connectivity index is 1.26. The molecule has 0 radical (unpaired) electrons. The number of morpholine rings is 1. The predicted molar refractivity (Wildman–Crippen MR) is 99.9 cm³/mol. The van der Waals surface area contributed by atoms with Gasteiger partial charge in [0.2, 0.25) is 11.8 Å². The van der Waals surface area contributed by atoms with Crippen molar-refractivity contribution in [2.24, 2.45) is 0 Å². The van der Waals surface area contributed by atoms with Crippen molar-refractivity contribution in [3.8, 4) is 0 Å². The molecule has 0 aromatic carbocycles. The zero-order valence-corrected chi connectivity index (χ0v) is 16.1. The van der Waals surface area contributed by atoms with E-state index >= 15 is 0 Å². The molecule has 0 aliphatic carbocycles. The second-order valence-corrected chi connectivity index (χ2v) is 7.87. The first-order valence-electron chi connectivity index (χ1n) is 10.2. The Hall–Kier alpha value is -1.18.